The zero-order chi connectivity index (χ0) is 16.2. The van der Waals surface area contributed by atoms with E-state index in [2.05, 4.69) is 38.5 Å². The number of hydrogen-bond acceptors (Lipinski definition) is 2. The molecule has 2 aliphatic rings. The van der Waals surface area contributed by atoms with E-state index >= 15 is 0 Å². The van der Waals surface area contributed by atoms with Crippen molar-refractivity contribution in [1.82, 2.24) is 10.6 Å². The van der Waals surface area contributed by atoms with Crippen LogP contribution in [0.1, 0.15) is 31.7 Å². The monoisotopic (exact) mass is 511 g/mol. The van der Waals surface area contributed by atoms with Gasteiger partial charge in [0.1, 0.15) is 5.82 Å². The predicted octanol–water partition coefficient (Wildman–Crippen LogP) is 3.62. The molecule has 4 nitrogen and oxygen atoms in total. The van der Waals surface area contributed by atoms with Crippen molar-refractivity contribution in [1.29, 1.82) is 0 Å². The highest BCUT2D eigenvalue weighted by atomic mass is 127. The third kappa shape index (κ3) is 5.05. The first-order valence-corrected chi connectivity index (χ1v) is 9.09. The second-order valence-electron chi connectivity index (χ2n) is 6.12. The lowest BCUT2D eigenvalue weighted by molar-refractivity contribution is 0.0992. The van der Waals surface area contributed by atoms with Crippen LogP contribution in [0.5, 0.6) is 0 Å². The molecule has 1 aromatic carbocycles. The van der Waals surface area contributed by atoms with E-state index in [-0.39, 0.29) is 29.8 Å². The first-order valence-electron chi connectivity index (χ1n) is 8.30. The van der Waals surface area contributed by atoms with Crippen molar-refractivity contribution in [2.75, 3.05) is 13.1 Å². The Kier molecular flexibility index (Phi) is 7.74. The molecule has 0 radical (unpaired) electrons. The standard InChI is InChI=1S/C17H23BrFN3O.HI/c1-2-20-17(22-15-10-12-4-6-16(15)23-12)21-8-7-11-3-5-14(19)13(18)9-11;/h3,5,9,12,15-16H,2,4,6-8,10H2,1H3,(H2,20,21,22);1H. The Morgan fingerprint density at radius 3 is 2.88 bits per heavy atom. The molecule has 0 aliphatic carbocycles. The summed E-state index contributed by atoms with van der Waals surface area (Å²) >= 11 is 3.22. The van der Waals surface area contributed by atoms with E-state index < -0.39 is 0 Å². The maximum absolute atomic E-state index is 13.2. The summed E-state index contributed by atoms with van der Waals surface area (Å²) in [5, 5.41) is 6.79. The number of aliphatic imine (C=N–C) groups is 1. The van der Waals surface area contributed by atoms with Crippen LogP contribution in [0.15, 0.2) is 27.7 Å². The number of benzene rings is 1. The number of ether oxygens (including phenoxy) is 1. The molecule has 0 saturated carbocycles. The van der Waals surface area contributed by atoms with E-state index in [1.165, 1.54) is 12.5 Å². The fourth-order valence-corrected chi connectivity index (χ4v) is 3.70. The Balaban J connectivity index is 0.00000208. The fourth-order valence-electron chi connectivity index (χ4n) is 3.28. The highest BCUT2D eigenvalue weighted by molar-refractivity contribution is 14.0. The zero-order valence-corrected chi connectivity index (χ0v) is 17.6. The van der Waals surface area contributed by atoms with Crippen molar-refractivity contribution in [2.45, 2.75) is 50.9 Å². The SMILES string of the molecule is CCNC(=NCCc1ccc(F)c(Br)c1)NC1CC2CCC1O2.I. The van der Waals surface area contributed by atoms with Gasteiger partial charge in [-0.2, -0.15) is 0 Å². The van der Waals surface area contributed by atoms with Crippen LogP contribution in [0, 0.1) is 5.82 Å². The first kappa shape index (κ1) is 19.9. The minimum atomic E-state index is -0.233. The van der Waals surface area contributed by atoms with E-state index in [9.17, 15) is 4.39 Å². The van der Waals surface area contributed by atoms with Crippen molar-refractivity contribution >= 4 is 45.9 Å². The maximum atomic E-state index is 13.2. The van der Waals surface area contributed by atoms with Gasteiger partial charge >= 0.3 is 0 Å². The predicted molar refractivity (Wildman–Crippen MR) is 109 cm³/mol. The summed E-state index contributed by atoms with van der Waals surface area (Å²) in [5.74, 6) is 0.610. The Bertz CT molecular complexity index is 587. The second-order valence-corrected chi connectivity index (χ2v) is 6.97. The van der Waals surface area contributed by atoms with Gasteiger partial charge in [0.05, 0.1) is 22.7 Å². The molecule has 3 atom stereocenters. The maximum Gasteiger partial charge on any atom is 0.191 e. The van der Waals surface area contributed by atoms with E-state index in [0.29, 0.717) is 29.3 Å². The number of nitrogens with one attached hydrogen (secondary N) is 2. The summed E-state index contributed by atoms with van der Waals surface area (Å²) in [4.78, 5) is 4.64. The number of hydrogen-bond donors (Lipinski definition) is 2. The molecule has 7 heteroatoms. The molecule has 2 bridgehead atoms. The fraction of sp³-hybridized carbons (Fsp3) is 0.588. The third-order valence-corrected chi connectivity index (χ3v) is 5.03. The van der Waals surface area contributed by atoms with Crippen LogP contribution < -0.4 is 10.6 Å². The molecule has 3 unspecified atom stereocenters. The van der Waals surface area contributed by atoms with Gasteiger partial charge in [-0.15, -0.1) is 24.0 Å². The summed E-state index contributed by atoms with van der Waals surface area (Å²) in [6.45, 7) is 3.55. The lowest BCUT2D eigenvalue weighted by atomic mass is 9.96. The van der Waals surface area contributed by atoms with Crippen molar-refractivity contribution < 1.29 is 9.13 Å². The quantitative estimate of drug-likeness (QED) is 0.360. The lowest BCUT2D eigenvalue weighted by Gasteiger charge is -2.22. The summed E-state index contributed by atoms with van der Waals surface area (Å²) in [7, 11) is 0. The average molecular weight is 512 g/mol. The van der Waals surface area contributed by atoms with Crippen LogP contribution in [-0.4, -0.2) is 37.3 Å². The minimum absolute atomic E-state index is 0. The van der Waals surface area contributed by atoms with Gasteiger partial charge in [-0.1, -0.05) is 6.07 Å². The molecule has 2 heterocycles. The molecule has 0 amide bonds. The summed E-state index contributed by atoms with van der Waals surface area (Å²) in [6.07, 6.45) is 4.94. The lowest BCUT2D eigenvalue weighted by Crippen LogP contribution is -2.47. The van der Waals surface area contributed by atoms with Crippen LogP contribution in [0.2, 0.25) is 0 Å². The third-order valence-electron chi connectivity index (χ3n) is 4.43. The molecule has 0 spiro atoms. The average Bonchev–Trinajstić information content (AvgIpc) is 3.14. The Labute approximate surface area is 168 Å². The van der Waals surface area contributed by atoms with Gasteiger partial charge < -0.3 is 15.4 Å². The highest BCUT2D eigenvalue weighted by Gasteiger charge is 2.41. The number of rotatable bonds is 5. The molecule has 134 valence electrons. The Hall–Kier alpha value is -0.410. The molecule has 1 aromatic rings. The molecule has 2 saturated heterocycles. The number of guanidine groups is 1. The van der Waals surface area contributed by atoms with E-state index in [1.807, 2.05) is 6.07 Å². The molecular weight excluding hydrogens is 488 g/mol. The van der Waals surface area contributed by atoms with Crippen LogP contribution in [0.25, 0.3) is 0 Å². The van der Waals surface area contributed by atoms with Gasteiger partial charge in [-0.25, -0.2) is 4.39 Å². The van der Waals surface area contributed by atoms with Gasteiger partial charge in [-0.3, -0.25) is 4.99 Å². The summed E-state index contributed by atoms with van der Waals surface area (Å²) < 4.78 is 19.6. The van der Waals surface area contributed by atoms with E-state index in [0.717, 1.165) is 37.3 Å². The largest absolute Gasteiger partial charge is 0.373 e. The molecule has 2 fully saturated rings. The molecule has 24 heavy (non-hydrogen) atoms. The van der Waals surface area contributed by atoms with Crippen molar-refractivity contribution in [2.24, 2.45) is 4.99 Å². The highest BCUT2D eigenvalue weighted by Crippen LogP contribution is 2.34. The first-order chi connectivity index (χ1) is 11.2. The van der Waals surface area contributed by atoms with Gasteiger partial charge in [-0.05, 0) is 66.2 Å². The Morgan fingerprint density at radius 1 is 1.42 bits per heavy atom. The van der Waals surface area contributed by atoms with Gasteiger partial charge in [0.2, 0.25) is 0 Å². The van der Waals surface area contributed by atoms with Crippen LogP contribution in [-0.2, 0) is 11.2 Å². The topological polar surface area (TPSA) is 45.7 Å². The van der Waals surface area contributed by atoms with E-state index in [4.69, 9.17) is 4.74 Å². The second kappa shape index (κ2) is 9.33. The molecule has 0 aromatic heterocycles. The normalized spacial score (nSPS) is 25.5. The van der Waals surface area contributed by atoms with Crippen molar-refractivity contribution in [3.05, 3.63) is 34.1 Å². The summed E-state index contributed by atoms with van der Waals surface area (Å²) in [6, 6.07) is 5.47. The van der Waals surface area contributed by atoms with Crippen molar-refractivity contribution in [3.8, 4) is 0 Å². The molecule has 2 N–H and O–H groups in total. The van der Waals surface area contributed by atoms with Crippen LogP contribution in [0.3, 0.4) is 0 Å². The van der Waals surface area contributed by atoms with Crippen LogP contribution >= 0.6 is 39.9 Å². The number of fused-ring (bicyclic) bond motifs is 2. The number of nitrogens with zero attached hydrogens (tertiary/aromatic N) is 1. The zero-order valence-electron chi connectivity index (χ0n) is 13.7. The minimum Gasteiger partial charge on any atom is -0.373 e. The molecule has 3 rings (SSSR count). The smallest absolute Gasteiger partial charge is 0.191 e. The molecule has 2 aliphatic heterocycles. The summed E-state index contributed by atoms with van der Waals surface area (Å²) in [5.41, 5.74) is 1.07. The van der Waals surface area contributed by atoms with Crippen LogP contribution in [0.4, 0.5) is 4.39 Å². The van der Waals surface area contributed by atoms with Gasteiger partial charge in [0, 0.05) is 13.1 Å². The Morgan fingerprint density at radius 2 is 2.25 bits per heavy atom. The van der Waals surface area contributed by atoms with Crippen molar-refractivity contribution in [3.63, 3.8) is 0 Å². The molecular formula is C17H24BrFIN3O. The number of halogens is 3. The van der Waals surface area contributed by atoms with Gasteiger partial charge in [0.25, 0.3) is 0 Å². The van der Waals surface area contributed by atoms with Gasteiger partial charge in [0.15, 0.2) is 5.96 Å². The van der Waals surface area contributed by atoms with E-state index in [1.54, 1.807) is 6.07 Å².